The van der Waals surface area contributed by atoms with Gasteiger partial charge in [0.05, 0.1) is 6.54 Å². The van der Waals surface area contributed by atoms with Crippen LogP contribution in [-0.2, 0) is 0 Å². The maximum atomic E-state index is 5.60. The second-order valence-electron chi connectivity index (χ2n) is 2.48. The molecule has 0 amide bonds. The average molecular weight is 276 g/mol. The summed E-state index contributed by atoms with van der Waals surface area (Å²) in [4.78, 5) is 4.04. The molecule has 14 heavy (non-hydrogen) atoms. The highest BCUT2D eigenvalue weighted by Crippen LogP contribution is 2.03. The van der Waals surface area contributed by atoms with E-state index in [1.165, 1.54) is 0 Å². The van der Waals surface area contributed by atoms with Gasteiger partial charge >= 0.3 is 0 Å². The SMILES string of the molecule is Br.NC(=NCCS)Nc1ccccc1. The van der Waals surface area contributed by atoms with Crippen LogP contribution >= 0.6 is 29.6 Å². The molecule has 0 bridgehead atoms. The van der Waals surface area contributed by atoms with Gasteiger partial charge in [-0.15, -0.1) is 17.0 Å². The van der Waals surface area contributed by atoms with E-state index in [1.54, 1.807) is 0 Å². The van der Waals surface area contributed by atoms with Crippen LogP contribution in [0.2, 0.25) is 0 Å². The summed E-state index contributed by atoms with van der Waals surface area (Å²) in [5, 5.41) is 2.97. The second-order valence-corrected chi connectivity index (χ2v) is 2.93. The molecule has 1 rings (SSSR count). The summed E-state index contributed by atoms with van der Waals surface area (Å²) in [6.45, 7) is 0.634. The van der Waals surface area contributed by atoms with Crippen molar-refractivity contribution in [3.63, 3.8) is 0 Å². The minimum atomic E-state index is 0. The van der Waals surface area contributed by atoms with E-state index in [1.807, 2.05) is 30.3 Å². The Morgan fingerprint density at radius 3 is 2.57 bits per heavy atom. The molecule has 0 saturated carbocycles. The lowest BCUT2D eigenvalue weighted by atomic mass is 10.3. The monoisotopic (exact) mass is 275 g/mol. The van der Waals surface area contributed by atoms with Crippen LogP contribution in [0.4, 0.5) is 5.69 Å². The smallest absolute Gasteiger partial charge is 0.193 e. The normalized spacial score (nSPS) is 10.5. The van der Waals surface area contributed by atoms with Gasteiger partial charge in [-0.25, -0.2) is 0 Å². The van der Waals surface area contributed by atoms with Crippen LogP contribution in [0.5, 0.6) is 0 Å². The number of para-hydroxylation sites is 1. The van der Waals surface area contributed by atoms with E-state index in [0.717, 1.165) is 5.69 Å². The Morgan fingerprint density at radius 1 is 1.36 bits per heavy atom. The van der Waals surface area contributed by atoms with Crippen LogP contribution in [0.25, 0.3) is 0 Å². The number of rotatable bonds is 3. The number of nitrogens with one attached hydrogen (secondary N) is 1. The van der Waals surface area contributed by atoms with E-state index in [0.29, 0.717) is 18.3 Å². The van der Waals surface area contributed by atoms with Crippen molar-refractivity contribution in [3.05, 3.63) is 30.3 Å². The van der Waals surface area contributed by atoms with Crippen LogP contribution in [0.15, 0.2) is 35.3 Å². The number of benzene rings is 1. The summed E-state index contributed by atoms with van der Waals surface area (Å²) in [5.74, 6) is 1.14. The van der Waals surface area contributed by atoms with E-state index in [4.69, 9.17) is 5.73 Å². The van der Waals surface area contributed by atoms with Crippen molar-refractivity contribution in [1.82, 2.24) is 0 Å². The fourth-order valence-corrected chi connectivity index (χ4v) is 0.979. The van der Waals surface area contributed by atoms with Crippen molar-refractivity contribution in [2.45, 2.75) is 0 Å². The van der Waals surface area contributed by atoms with Gasteiger partial charge in [0.25, 0.3) is 0 Å². The van der Waals surface area contributed by atoms with Gasteiger partial charge in [-0.05, 0) is 12.1 Å². The molecule has 0 aliphatic rings. The van der Waals surface area contributed by atoms with E-state index >= 15 is 0 Å². The Hall–Kier alpha value is -0.680. The number of hydrogen-bond donors (Lipinski definition) is 3. The van der Waals surface area contributed by atoms with Crippen LogP contribution in [0, 0.1) is 0 Å². The predicted molar refractivity (Wildman–Crippen MR) is 70.7 cm³/mol. The molecule has 0 aromatic heterocycles. The Balaban J connectivity index is 0.00000169. The molecule has 3 nitrogen and oxygen atoms in total. The van der Waals surface area contributed by atoms with Gasteiger partial charge in [-0.2, -0.15) is 12.6 Å². The first-order chi connectivity index (χ1) is 6.33. The van der Waals surface area contributed by atoms with E-state index in [-0.39, 0.29) is 17.0 Å². The lowest BCUT2D eigenvalue weighted by Gasteiger charge is -2.03. The van der Waals surface area contributed by atoms with E-state index < -0.39 is 0 Å². The van der Waals surface area contributed by atoms with Gasteiger partial charge in [0.15, 0.2) is 5.96 Å². The molecule has 0 heterocycles. The number of nitrogens with two attached hydrogens (primary N) is 1. The van der Waals surface area contributed by atoms with Crippen LogP contribution < -0.4 is 11.1 Å². The van der Waals surface area contributed by atoms with Crippen molar-refractivity contribution in [3.8, 4) is 0 Å². The predicted octanol–water partition coefficient (Wildman–Crippen LogP) is 1.92. The summed E-state index contributed by atoms with van der Waals surface area (Å²) in [6, 6.07) is 9.70. The van der Waals surface area contributed by atoms with Crippen molar-refractivity contribution >= 4 is 41.3 Å². The lowest BCUT2D eigenvalue weighted by Crippen LogP contribution is -2.22. The maximum absolute atomic E-state index is 5.60. The first kappa shape index (κ1) is 13.3. The number of aliphatic imine (C=N–C) groups is 1. The number of thiol groups is 1. The number of hydrogen-bond acceptors (Lipinski definition) is 2. The topological polar surface area (TPSA) is 50.4 Å². The standard InChI is InChI=1S/C9H13N3S.BrH/c10-9(11-6-7-13)12-8-4-2-1-3-5-8;/h1-5,13H,6-7H2,(H3,10,11,12);1H. The molecule has 0 aliphatic carbocycles. The molecule has 78 valence electrons. The number of halogens is 1. The highest BCUT2D eigenvalue weighted by atomic mass is 79.9. The minimum Gasteiger partial charge on any atom is -0.370 e. The van der Waals surface area contributed by atoms with Gasteiger partial charge in [-0.3, -0.25) is 4.99 Å². The van der Waals surface area contributed by atoms with Crippen molar-refractivity contribution in [2.75, 3.05) is 17.6 Å². The van der Waals surface area contributed by atoms with Crippen molar-refractivity contribution in [2.24, 2.45) is 10.7 Å². The van der Waals surface area contributed by atoms with Gasteiger partial charge < -0.3 is 11.1 Å². The zero-order valence-corrected chi connectivity index (χ0v) is 10.3. The Kier molecular flexibility index (Phi) is 7.32. The summed E-state index contributed by atoms with van der Waals surface area (Å²) in [5.41, 5.74) is 6.54. The molecule has 3 N–H and O–H groups in total. The van der Waals surface area contributed by atoms with Crippen LogP contribution in [0.1, 0.15) is 0 Å². The highest BCUT2D eigenvalue weighted by Gasteiger charge is 1.91. The molecule has 5 heteroatoms. The van der Waals surface area contributed by atoms with Crippen LogP contribution in [-0.4, -0.2) is 18.3 Å². The maximum Gasteiger partial charge on any atom is 0.193 e. The fraction of sp³-hybridized carbons (Fsp3) is 0.222. The molecule has 0 fully saturated rings. The highest BCUT2D eigenvalue weighted by molar-refractivity contribution is 8.93. The molecular weight excluding hydrogens is 262 g/mol. The van der Waals surface area contributed by atoms with Gasteiger partial charge in [0, 0.05) is 11.4 Å². The number of guanidine groups is 1. The molecule has 1 aromatic rings. The lowest BCUT2D eigenvalue weighted by molar-refractivity contribution is 1.14. The van der Waals surface area contributed by atoms with E-state index in [2.05, 4.69) is 22.9 Å². The third-order valence-electron chi connectivity index (χ3n) is 1.43. The number of anilines is 1. The third kappa shape index (κ3) is 5.14. The molecule has 0 unspecified atom stereocenters. The zero-order chi connectivity index (χ0) is 9.52. The first-order valence-corrected chi connectivity index (χ1v) is 4.69. The largest absolute Gasteiger partial charge is 0.370 e. The molecule has 0 spiro atoms. The van der Waals surface area contributed by atoms with E-state index in [9.17, 15) is 0 Å². The third-order valence-corrected chi connectivity index (χ3v) is 1.63. The zero-order valence-electron chi connectivity index (χ0n) is 7.68. The summed E-state index contributed by atoms with van der Waals surface area (Å²) >= 11 is 4.03. The minimum absolute atomic E-state index is 0. The Bertz CT molecular complexity index is 277. The van der Waals surface area contributed by atoms with Gasteiger partial charge in [0.2, 0.25) is 0 Å². The molecule has 0 radical (unpaired) electrons. The molecule has 0 saturated heterocycles. The fourth-order valence-electron chi connectivity index (χ4n) is 0.879. The Morgan fingerprint density at radius 2 is 2.00 bits per heavy atom. The summed E-state index contributed by atoms with van der Waals surface area (Å²) in [6.07, 6.45) is 0. The Labute approximate surface area is 100.0 Å². The number of nitrogens with zero attached hydrogens (tertiary/aromatic N) is 1. The van der Waals surface area contributed by atoms with Gasteiger partial charge in [-0.1, -0.05) is 18.2 Å². The quantitative estimate of drug-likeness (QED) is 0.449. The van der Waals surface area contributed by atoms with Gasteiger partial charge in [0.1, 0.15) is 0 Å². The average Bonchev–Trinajstić information content (AvgIpc) is 2.16. The molecular formula is C9H14BrN3S. The van der Waals surface area contributed by atoms with Crippen molar-refractivity contribution in [1.29, 1.82) is 0 Å². The molecule has 0 atom stereocenters. The second kappa shape index (κ2) is 7.70. The summed E-state index contributed by atoms with van der Waals surface area (Å²) < 4.78 is 0. The van der Waals surface area contributed by atoms with Crippen LogP contribution in [0.3, 0.4) is 0 Å². The van der Waals surface area contributed by atoms with Crippen molar-refractivity contribution < 1.29 is 0 Å². The molecule has 0 aliphatic heterocycles. The first-order valence-electron chi connectivity index (χ1n) is 4.06. The molecule has 1 aromatic carbocycles. The summed E-state index contributed by atoms with van der Waals surface area (Å²) in [7, 11) is 0.